The maximum atomic E-state index is 14.0. The third-order valence-electron chi connectivity index (χ3n) is 12.3. The van der Waals surface area contributed by atoms with Crippen molar-refractivity contribution < 1.29 is 9.90 Å². The third-order valence-corrected chi connectivity index (χ3v) is 12.3. The molecule has 0 saturated heterocycles. The molecule has 1 N–H and O–H groups in total. The zero-order valence-corrected chi connectivity index (χ0v) is 22.3. The van der Waals surface area contributed by atoms with E-state index in [4.69, 9.17) is 0 Å². The molecule has 0 unspecified atom stereocenters. The number of rotatable bonds is 4. The van der Waals surface area contributed by atoms with E-state index in [1.165, 1.54) is 31.3 Å². The summed E-state index contributed by atoms with van der Waals surface area (Å²) in [6.45, 7) is 19.0. The molecular formula is C30H50O2. The van der Waals surface area contributed by atoms with Crippen LogP contribution in [-0.4, -0.2) is 17.0 Å². The second kappa shape index (κ2) is 7.69. The smallest absolute Gasteiger partial charge is 0.164 e. The Kier molecular flexibility index (Phi) is 5.89. The average molecular weight is 443 g/mol. The molecule has 4 aliphatic carbocycles. The molecule has 32 heavy (non-hydrogen) atoms. The standard InChI is InChI=1S/C30H50O2/c1-9-20(2)12-15-27(5)18-19-29(7)21(25(27)32)10-11-23-28(6)16-14-24(31)26(3,4)22(28)13-17-30(23,29)8/h10,20,22-24,31H,9,11-19H2,1-8H3/t20-,22-,23+,24-,27+,28-,29+,30+/m0/s1. The van der Waals surface area contributed by atoms with Gasteiger partial charge in [-0.2, -0.15) is 0 Å². The quantitative estimate of drug-likeness (QED) is 0.483. The lowest BCUT2D eigenvalue weighted by atomic mass is 9.35. The van der Waals surface area contributed by atoms with Gasteiger partial charge in [0, 0.05) is 10.8 Å². The maximum Gasteiger partial charge on any atom is 0.164 e. The second-order valence-electron chi connectivity index (χ2n) is 14.1. The van der Waals surface area contributed by atoms with Crippen LogP contribution < -0.4 is 0 Å². The van der Waals surface area contributed by atoms with Crippen LogP contribution in [-0.2, 0) is 4.79 Å². The number of fused-ring (bicyclic) bond motifs is 5. The van der Waals surface area contributed by atoms with E-state index in [-0.39, 0.29) is 33.2 Å². The molecule has 0 aromatic carbocycles. The Labute approximate surface area is 198 Å². The topological polar surface area (TPSA) is 37.3 Å². The monoisotopic (exact) mass is 442 g/mol. The first kappa shape index (κ1) is 24.5. The van der Waals surface area contributed by atoms with E-state index in [2.05, 4.69) is 61.5 Å². The number of carbonyl (C=O) groups is 1. The first-order chi connectivity index (χ1) is 14.8. The molecule has 0 aromatic heterocycles. The third kappa shape index (κ3) is 3.17. The molecule has 4 aliphatic rings. The summed E-state index contributed by atoms with van der Waals surface area (Å²) < 4.78 is 0. The van der Waals surface area contributed by atoms with Gasteiger partial charge in [0.15, 0.2) is 5.78 Å². The van der Waals surface area contributed by atoms with Crippen molar-refractivity contribution in [3.05, 3.63) is 11.6 Å². The normalized spacial score (nSPS) is 48.8. The Morgan fingerprint density at radius 1 is 1.00 bits per heavy atom. The van der Waals surface area contributed by atoms with Gasteiger partial charge < -0.3 is 5.11 Å². The van der Waals surface area contributed by atoms with Gasteiger partial charge >= 0.3 is 0 Å². The first-order valence-electron chi connectivity index (χ1n) is 13.7. The van der Waals surface area contributed by atoms with Crippen molar-refractivity contribution in [2.75, 3.05) is 0 Å². The summed E-state index contributed by atoms with van der Waals surface area (Å²) in [4.78, 5) is 14.0. The van der Waals surface area contributed by atoms with Crippen molar-refractivity contribution in [3.63, 3.8) is 0 Å². The molecule has 0 heterocycles. The van der Waals surface area contributed by atoms with Crippen molar-refractivity contribution in [2.45, 2.75) is 126 Å². The Morgan fingerprint density at radius 2 is 1.69 bits per heavy atom. The molecule has 4 rings (SSSR count). The van der Waals surface area contributed by atoms with Crippen molar-refractivity contribution in [2.24, 2.45) is 44.8 Å². The van der Waals surface area contributed by atoms with Crippen molar-refractivity contribution in [3.8, 4) is 0 Å². The fourth-order valence-electron chi connectivity index (χ4n) is 9.24. The van der Waals surface area contributed by atoms with Gasteiger partial charge in [-0.3, -0.25) is 4.79 Å². The zero-order chi connectivity index (χ0) is 23.7. The largest absolute Gasteiger partial charge is 0.393 e. The highest BCUT2D eigenvalue weighted by Gasteiger charge is 2.67. The highest BCUT2D eigenvalue weighted by molar-refractivity contribution is 6.02. The summed E-state index contributed by atoms with van der Waals surface area (Å²) in [5, 5.41) is 10.8. The number of ketones is 1. The van der Waals surface area contributed by atoms with Crippen LogP contribution in [0.4, 0.5) is 0 Å². The lowest BCUT2D eigenvalue weighted by molar-refractivity contribution is -0.198. The van der Waals surface area contributed by atoms with Gasteiger partial charge in [-0.15, -0.1) is 0 Å². The number of Topliss-reactive ketones (excluding diaryl/α,β-unsaturated/α-hetero) is 1. The predicted octanol–water partition coefficient (Wildman–Crippen LogP) is 7.74. The summed E-state index contributed by atoms with van der Waals surface area (Å²) in [6, 6.07) is 0. The number of aliphatic hydroxyl groups is 1. The summed E-state index contributed by atoms with van der Waals surface area (Å²) in [7, 11) is 0. The van der Waals surface area contributed by atoms with Crippen LogP contribution in [0, 0.1) is 44.8 Å². The summed E-state index contributed by atoms with van der Waals surface area (Å²) in [5.41, 5.74) is 1.42. The Hall–Kier alpha value is -0.630. The summed E-state index contributed by atoms with van der Waals surface area (Å²) in [6.07, 6.45) is 13.3. The van der Waals surface area contributed by atoms with Crippen LogP contribution in [0.2, 0.25) is 0 Å². The molecule has 3 saturated carbocycles. The van der Waals surface area contributed by atoms with Crippen molar-refractivity contribution >= 4 is 5.78 Å². The molecule has 0 radical (unpaired) electrons. The fourth-order valence-corrected chi connectivity index (χ4v) is 9.24. The van der Waals surface area contributed by atoms with Crippen molar-refractivity contribution in [1.82, 2.24) is 0 Å². The Morgan fingerprint density at radius 3 is 2.34 bits per heavy atom. The predicted molar refractivity (Wildman–Crippen MR) is 133 cm³/mol. The van der Waals surface area contributed by atoms with E-state index in [1.807, 2.05) is 0 Å². The van der Waals surface area contributed by atoms with Gasteiger partial charge in [0.05, 0.1) is 6.10 Å². The number of carbonyl (C=O) groups excluding carboxylic acids is 1. The minimum Gasteiger partial charge on any atom is -0.393 e. The summed E-state index contributed by atoms with van der Waals surface area (Å²) in [5.74, 6) is 2.35. The molecule has 0 aromatic rings. The number of hydrogen-bond donors (Lipinski definition) is 1. The van der Waals surface area contributed by atoms with Crippen LogP contribution in [0.25, 0.3) is 0 Å². The van der Waals surface area contributed by atoms with Crippen LogP contribution in [0.5, 0.6) is 0 Å². The van der Waals surface area contributed by atoms with Gasteiger partial charge in [-0.25, -0.2) is 0 Å². The molecule has 0 amide bonds. The molecular weight excluding hydrogens is 392 g/mol. The molecule has 8 atom stereocenters. The van der Waals surface area contributed by atoms with E-state index in [0.29, 0.717) is 23.5 Å². The second-order valence-corrected chi connectivity index (χ2v) is 14.1. The SMILES string of the molecule is CC[C@H](C)CC[C@]1(C)CC[C@]2(C)C(=CC[C@@H]3[C@@]4(C)CC[C@H](O)C(C)(C)[C@@H]4CC[C@]32C)C1=O. The van der Waals surface area contributed by atoms with Crippen LogP contribution >= 0.6 is 0 Å². The maximum absolute atomic E-state index is 14.0. The summed E-state index contributed by atoms with van der Waals surface area (Å²) >= 11 is 0. The van der Waals surface area contributed by atoms with Gasteiger partial charge in [0.1, 0.15) is 0 Å². The minimum absolute atomic E-state index is 0.00291. The lowest BCUT2D eigenvalue weighted by Crippen LogP contribution is -2.64. The minimum atomic E-state index is -0.183. The molecule has 0 bridgehead atoms. The van der Waals surface area contributed by atoms with Gasteiger partial charge in [-0.05, 0) is 97.4 Å². The first-order valence-corrected chi connectivity index (χ1v) is 13.7. The van der Waals surface area contributed by atoms with E-state index >= 15 is 0 Å². The Balaban J connectivity index is 1.68. The van der Waals surface area contributed by atoms with E-state index in [1.54, 1.807) is 0 Å². The number of allylic oxidation sites excluding steroid dienone is 2. The van der Waals surface area contributed by atoms with E-state index in [9.17, 15) is 9.90 Å². The lowest BCUT2D eigenvalue weighted by Gasteiger charge is -2.69. The average Bonchev–Trinajstić information content (AvgIpc) is 2.73. The van der Waals surface area contributed by atoms with Crippen LogP contribution in [0.1, 0.15) is 120 Å². The van der Waals surface area contributed by atoms with Gasteiger partial charge in [0.2, 0.25) is 0 Å². The highest BCUT2D eigenvalue weighted by Crippen LogP contribution is 2.73. The molecule has 182 valence electrons. The van der Waals surface area contributed by atoms with Crippen molar-refractivity contribution in [1.29, 1.82) is 0 Å². The highest BCUT2D eigenvalue weighted by atomic mass is 16.3. The van der Waals surface area contributed by atoms with Crippen LogP contribution in [0.3, 0.4) is 0 Å². The Bertz CT molecular complexity index is 795. The van der Waals surface area contributed by atoms with E-state index in [0.717, 1.165) is 38.5 Å². The molecule has 0 aliphatic heterocycles. The number of hydrogen-bond acceptors (Lipinski definition) is 2. The van der Waals surface area contributed by atoms with Crippen LogP contribution in [0.15, 0.2) is 11.6 Å². The van der Waals surface area contributed by atoms with Gasteiger partial charge in [-0.1, -0.05) is 67.9 Å². The van der Waals surface area contributed by atoms with E-state index < -0.39 is 0 Å². The number of aliphatic hydroxyl groups excluding tert-OH is 1. The van der Waals surface area contributed by atoms with Gasteiger partial charge in [0.25, 0.3) is 0 Å². The fraction of sp³-hybridized carbons (Fsp3) is 0.900. The molecule has 3 fully saturated rings. The molecule has 2 heteroatoms. The zero-order valence-electron chi connectivity index (χ0n) is 22.3. The molecule has 0 spiro atoms. The molecule has 2 nitrogen and oxygen atoms in total.